The Hall–Kier alpha value is -2.15. The number of hydrogen-bond donors (Lipinski definition) is 0. The van der Waals surface area contributed by atoms with E-state index in [0.717, 1.165) is 17.8 Å². The zero-order valence-corrected chi connectivity index (χ0v) is 12.1. The Morgan fingerprint density at radius 2 is 1.70 bits per heavy atom. The van der Waals surface area contributed by atoms with Crippen LogP contribution in [-0.2, 0) is 12.0 Å². The molecule has 1 atom stereocenters. The highest BCUT2D eigenvalue weighted by molar-refractivity contribution is 6.10. The summed E-state index contributed by atoms with van der Waals surface area (Å²) in [7, 11) is 0. The van der Waals surface area contributed by atoms with E-state index in [1.165, 1.54) is 16.7 Å². The summed E-state index contributed by atoms with van der Waals surface area (Å²) in [6.45, 7) is 9.33. The largest absolute Gasteiger partial charge is 0.283 e. The van der Waals surface area contributed by atoms with Gasteiger partial charge in [0.15, 0.2) is 0 Å². The first-order chi connectivity index (χ1) is 9.64. The summed E-state index contributed by atoms with van der Waals surface area (Å²) in [5.41, 5.74) is 5.87. The van der Waals surface area contributed by atoms with E-state index in [1.54, 1.807) is 0 Å². The van der Waals surface area contributed by atoms with Crippen LogP contribution in [0.1, 0.15) is 30.5 Å². The lowest BCUT2D eigenvalue weighted by Crippen LogP contribution is -2.38. The molecule has 1 heteroatoms. The third-order valence-electron chi connectivity index (χ3n) is 4.34. The second-order valence-electron chi connectivity index (χ2n) is 5.59. The summed E-state index contributed by atoms with van der Waals surface area (Å²) in [5, 5.41) is 0. The molecule has 0 aromatic heterocycles. The van der Waals surface area contributed by atoms with Crippen molar-refractivity contribution in [2.75, 3.05) is 0 Å². The third-order valence-corrected chi connectivity index (χ3v) is 4.34. The van der Waals surface area contributed by atoms with Crippen LogP contribution in [0.25, 0.3) is 0 Å². The average Bonchev–Trinajstić information content (AvgIpc) is 2.48. The first kappa shape index (κ1) is 12.9. The molecule has 1 nitrogen and oxygen atoms in total. The lowest BCUT2D eigenvalue weighted by molar-refractivity contribution is 0.711. The van der Waals surface area contributed by atoms with Gasteiger partial charge in [0.25, 0.3) is 0 Å². The first-order valence-corrected chi connectivity index (χ1v) is 6.98. The van der Waals surface area contributed by atoms with Gasteiger partial charge >= 0.3 is 0 Å². The van der Waals surface area contributed by atoms with Gasteiger partial charge in [-0.3, -0.25) is 4.99 Å². The second kappa shape index (κ2) is 4.75. The van der Waals surface area contributed by atoms with Crippen molar-refractivity contribution in [3.05, 3.63) is 83.4 Å². The first-order valence-electron chi connectivity index (χ1n) is 6.98. The van der Waals surface area contributed by atoms with Gasteiger partial charge in [-0.2, -0.15) is 0 Å². The fourth-order valence-electron chi connectivity index (χ4n) is 3.00. The predicted molar refractivity (Wildman–Crippen MR) is 85.3 cm³/mol. The molecule has 0 fully saturated rings. The summed E-state index contributed by atoms with van der Waals surface area (Å²) in [5.74, 6) is 0. The molecule has 0 saturated heterocycles. The van der Waals surface area contributed by atoms with E-state index >= 15 is 0 Å². The topological polar surface area (TPSA) is 12.4 Å². The van der Waals surface area contributed by atoms with E-state index in [9.17, 15) is 0 Å². The van der Waals surface area contributed by atoms with Crippen molar-refractivity contribution in [1.29, 1.82) is 0 Å². The summed E-state index contributed by atoms with van der Waals surface area (Å²) < 4.78 is 0. The van der Waals surface area contributed by atoms with Crippen LogP contribution in [0.5, 0.6) is 0 Å². The van der Waals surface area contributed by atoms with Gasteiger partial charge in [-0.1, -0.05) is 66.7 Å². The third kappa shape index (κ3) is 1.82. The molecule has 0 aliphatic carbocycles. The molecule has 0 amide bonds. The van der Waals surface area contributed by atoms with Crippen LogP contribution in [0.3, 0.4) is 0 Å². The molecule has 20 heavy (non-hydrogen) atoms. The Kier molecular flexibility index (Phi) is 3.06. The summed E-state index contributed by atoms with van der Waals surface area (Å²) in [4.78, 5) is 4.87. The zero-order chi connectivity index (χ0) is 14.2. The molecule has 2 aromatic rings. The number of allylic oxidation sites excluding steroid dienone is 1. The van der Waals surface area contributed by atoms with Crippen molar-refractivity contribution in [2.45, 2.75) is 25.8 Å². The Morgan fingerprint density at radius 1 is 1.05 bits per heavy atom. The number of aliphatic imine (C=N–C) groups is 1. The van der Waals surface area contributed by atoms with Gasteiger partial charge in [-0.25, -0.2) is 0 Å². The number of benzene rings is 2. The Labute approximate surface area is 120 Å². The van der Waals surface area contributed by atoms with Crippen molar-refractivity contribution >= 4 is 5.71 Å². The van der Waals surface area contributed by atoms with Gasteiger partial charge in [0.05, 0.1) is 17.7 Å². The van der Waals surface area contributed by atoms with Crippen molar-refractivity contribution in [3.8, 4) is 0 Å². The molecule has 1 aliphatic heterocycles. The van der Waals surface area contributed by atoms with Gasteiger partial charge in [0, 0.05) is 0 Å². The molecular formula is C19H19N. The van der Waals surface area contributed by atoms with Gasteiger partial charge in [-0.05, 0) is 30.5 Å². The number of rotatable bonds is 2. The van der Waals surface area contributed by atoms with Gasteiger partial charge in [-0.15, -0.1) is 0 Å². The lowest BCUT2D eigenvalue weighted by Gasteiger charge is -2.37. The molecule has 2 aromatic carbocycles. The molecule has 1 aliphatic rings. The molecule has 0 radical (unpaired) electrons. The monoisotopic (exact) mass is 261 g/mol. The second-order valence-corrected chi connectivity index (χ2v) is 5.59. The van der Waals surface area contributed by atoms with Crippen molar-refractivity contribution < 1.29 is 0 Å². The van der Waals surface area contributed by atoms with E-state index in [-0.39, 0.29) is 5.41 Å². The van der Waals surface area contributed by atoms with E-state index < -0.39 is 0 Å². The van der Waals surface area contributed by atoms with E-state index in [0.29, 0.717) is 0 Å². The Morgan fingerprint density at radius 3 is 2.40 bits per heavy atom. The summed E-state index contributed by atoms with van der Waals surface area (Å²) >= 11 is 0. The predicted octanol–water partition coefficient (Wildman–Crippen LogP) is 4.52. The molecule has 0 bridgehead atoms. The van der Waals surface area contributed by atoms with E-state index in [1.807, 2.05) is 6.07 Å². The standard InChI is InChI=1S/C19H19N/c1-14(2)19(3)17-12-8-7-11-16(17)13-20-18(19)15-9-5-4-6-10-15/h4-12H,1,13H2,2-3H3. The highest BCUT2D eigenvalue weighted by Crippen LogP contribution is 2.40. The molecular weight excluding hydrogens is 242 g/mol. The zero-order valence-electron chi connectivity index (χ0n) is 12.1. The molecule has 0 saturated carbocycles. The maximum atomic E-state index is 4.87. The van der Waals surface area contributed by atoms with Crippen LogP contribution >= 0.6 is 0 Å². The summed E-state index contributed by atoms with van der Waals surface area (Å²) in [6, 6.07) is 19.0. The Bertz CT molecular complexity index is 682. The molecule has 0 N–H and O–H groups in total. The van der Waals surface area contributed by atoms with E-state index in [4.69, 9.17) is 4.99 Å². The van der Waals surface area contributed by atoms with Gasteiger partial charge in [0.2, 0.25) is 0 Å². The van der Waals surface area contributed by atoms with Crippen LogP contribution in [0.15, 0.2) is 71.7 Å². The number of fused-ring (bicyclic) bond motifs is 1. The smallest absolute Gasteiger partial charge is 0.0646 e. The van der Waals surface area contributed by atoms with Crippen molar-refractivity contribution in [2.24, 2.45) is 4.99 Å². The normalized spacial score (nSPS) is 21.0. The molecule has 0 spiro atoms. The number of hydrogen-bond acceptors (Lipinski definition) is 1. The minimum absolute atomic E-state index is 0.212. The highest BCUT2D eigenvalue weighted by Gasteiger charge is 2.38. The van der Waals surface area contributed by atoms with Crippen LogP contribution < -0.4 is 0 Å². The fourth-order valence-corrected chi connectivity index (χ4v) is 3.00. The van der Waals surface area contributed by atoms with Crippen molar-refractivity contribution in [3.63, 3.8) is 0 Å². The minimum atomic E-state index is -0.212. The molecule has 100 valence electrons. The fraction of sp³-hybridized carbons (Fsp3) is 0.211. The maximum Gasteiger partial charge on any atom is 0.0646 e. The summed E-state index contributed by atoms with van der Waals surface area (Å²) in [6.07, 6.45) is 0. The van der Waals surface area contributed by atoms with E-state index in [2.05, 4.69) is 69.0 Å². The Balaban J connectivity index is 2.22. The minimum Gasteiger partial charge on any atom is -0.283 e. The van der Waals surface area contributed by atoms with Crippen LogP contribution in [0.4, 0.5) is 0 Å². The van der Waals surface area contributed by atoms with Crippen LogP contribution in [0, 0.1) is 0 Å². The number of nitrogens with zero attached hydrogens (tertiary/aromatic N) is 1. The van der Waals surface area contributed by atoms with Gasteiger partial charge < -0.3 is 0 Å². The van der Waals surface area contributed by atoms with Gasteiger partial charge in [0.1, 0.15) is 0 Å². The maximum absolute atomic E-state index is 4.87. The molecule has 3 rings (SSSR count). The van der Waals surface area contributed by atoms with Crippen LogP contribution in [-0.4, -0.2) is 5.71 Å². The quantitative estimate of drug-likeness (QED) is 0.705. The lowest BCUT2D eigenvalue weighted by atomic mass is 9.68. The van der Waals surface area contributed by atoms with Crippen molar-refractivity contribution in [1.82, 2.24) is 0 Å². The average molecular weight is 261 g/mol. The highest BCUT2D eigenvalue weighted by atomic mass is 14.8. The SMILES string of the molecule is C=C(C)C1(C)C(c2ccccc2)=NCc2ccccc21. The molecule has 1 unspecified atom stereocenters. The molecule has 1 heterocycles. The van der Waals surface area contributed by atoms with Crippen LogP contribution in [0.2, 0.25) is 0 Å².